The summed E-state index contributed by atoms with van der Waals surface area (Å²) < 4.78 is 1.84. The maximum absolute atomic E-state index is 12.2. The summed E-state index contributed by atoms with van der Waals surface area (Å²) in [4.78, 5) is 21.0. The van der Waals surface area contributed by atoms with E-state index in [4.69, 9.17) is 0 Å². The van der Waals surface area contributed by atoms with Crippen molar-refractivity contribution < 1.29 is 4.79 Å². The summed E-state index contributed by atoms with van der Waals surface area (Å²) in [5.74, 6) is 0.428. The first-order chi connectivity index (χ1) is 13.1. The molecule has 1 fully saturated rings. The molecular weight excluding hydrogens is 358 g/mol. The van der Waals surface area contributed by atoms with Gasteiger partial charge in [-0.3, -0.25) is 4.79 Å². The van der Waals surface area contributed by atoms with E-state index >= 15 is 0 Å². The van der Waals surface area contributed by atoms with Gasteiger partial charge in [0.15, 0.2) is 5.65 Å². The predicted octanol–water partition coefficient (Wildman–Crippen LogP) is 3.58. The number of rotatable bonds is 5. The lowest BCUT2D eigenvalue weighted by molar-refractivity contribution is -0.119. The van der Waals surface area contributed by atoms with Gasteiger partial charge in [0, 0.05) is 6.04 Å². The van der Waals surface area contributed by atoms with Crippen LogP contribution in [0, 0.1) is 13.8 Å². The SMILES string of the molecule is Cc1ccc(-n2ncc3c(SCC(=O)NC4CCCC4)ncnc32)c(C)c1. The second-order valence-corrected chi connectivity index (χ2v) is 8.06. The standard InChI is InChI=1S/C20H23N5OS/c1-13-7-8-17(14(2)9-13)25-19-16(10-23-25)20(22-12-21-19)27-11-18(26)24-15-5-3-4-6-15/h7-10,12,15H,3-6,11H2,1-2H3,(H,24,26). The first kappa shape index (κ1) is 18.0. The Balaban J connectivity index is 1.54. The first-order valence-electron chi connectivity index (χ1n) is 9.30. The zero-order chi connectivity index (χ0) is 18.8. The van der Waals surface area contributed by atoms with Crippen molar-refractivity contribution in [3.05, 3.63) is 41.9 Å². The Bertz CT molecular complexity index is 978. The molecular formula is C20H23N5OS. The monoisotopic (exact) mass is 381 g/mol. The first-order valence-corrected chi connectivity index (χ1v) is 10.3. The minimum absolute atomic E-state index is 0.0698. The number of carbonyl (C=O) groups excluding carboxylic acids is 1. The molecule has 1 N–H and O–H groups in total. The zero-order valence-corrected chi connectivity index (χ0v) is 16.4. The Morgan fingerprint density at radius 3 is 2.85 bits per heavy atom. The highest BCUT2D eigenvalue weighted by atomic mass is 32.2. The van der Waals surface area contributed by atoms with Crippen LogP contribution in [-0.4, -0.2) is 37.5 Å². The molecule has 6 nitrogen and oxygen atoms in total. The third kappa shape index (κ3) is 3.83. The van der Waals surface area contributed by atoms with Gasteiger partial charge in [-0.25, -0.2) is 14.6 Å². The quantitative estimate of drug-likeness (QED) is 0.540. The molecule has 0 unspecified atom stereocenters. The van der Waals surface area contributed by atoms with E-state index < -0.39 is 0 Å². The molecule has 1 aliphatic rings. The minimum Gasteiger partial charge on any atom is -0.353 e. The molecule has 1 aliphatic carbocycles. The van der Waals surface area contributed by atoms with E-state index in [1.807, 2.05) is 4.68 Å². The molecule has 1 amide bonds. The molecule has 4 rings (SSSR count). The third-order valence-electron chi connectivity index (χ3n) is 4.97. The number of aryl methyl sites for hydroxylation is 2. The lowest BCUT2D eigenvalue weighted by Gasteiger charge is -2.11. The van der Waals surface area contributed by atoms with Crippen molar-refractivity contribution in [2.24, 2.45) is 0 Å². The number of hydrogen-bond donors (Lipinski definition) is 1. The largest absolute Gasteiger partial charge is 0.353 e. The summed E-state index contributed by atoms with van der Waals surface area (Å²) in [5, 5.41) is 9.31. The number of amides is 1. The van der Waals surface area contributed by atoms with Crippen molar-refractivity contribution in [1.29, 1.82) is 0 Å². The van der Waals surface area contributed by atoms with Crippen molar-refractivity contribution in [3.63, 3.8) is 0 Å². The minimum atomic E-state index is 0.0698. The van der Waals surface area contributed by atoms with Crippen molar-refractivity contribution in [2.75, 3.05) is 5.75 Å². The number of carbonyl (C=O) groups is 1. The van der Waals surface area contributed by atoms with Gasteiger partial charge in [-0.05, 0) is 38.3 Å². The van der Waals surface area contributed by atoms with Gasteiger partial charge < -0.3 is 5.32 Å². The summed E-state index contributed by atoms with van der Waals surface area (Å²) in [6.07, 6.45) is 7.94. The number of thioether (sulfide) groups is 1. The van der Waals surface area contributed by atoms with Crippen LogP contribution >= 0.6 is 11.8 Å². The van der Waals surface area contributed by atoms with E-state index in [-0.39, 0.29) is 5.91 Å². The fourth-order valence-corrected chi connectivity index (χ4v) is 4.40. The predicted molar refractivity (Wildman–Crippen MR) is 107 cm³/mol. The molecule has 0 atom stereocenters. The molecule has 2 heterocycles. The van der Waals surface area contributed by atoms with Crippen LogP contribution in [-0.2, 0) is 4.79 Å². The molecule has 1 saturated carbocycles. The van der Waals surface area contributed by atoms with Crippen LogP contribution in [0.4, 0.5) is 0 Å². The van der Waals surface area contributed by atoms with E-state index in [9.17, 15) is 4.79 Å². The molecule has 0 radical (unpaired) electrons. The highest BCUT2D eigenvalue weighted by Gasteiger charge is 2.18. The lowest BCUT2D eigenvalue weighted by atomic mass is 10.1. The second-order valence-electron chi connectivity index (χ2n) is 7.10. The van der Waals surface area contributed by atoms with Gasteiger partial charge in [0.05, 0.1) is 23.0 Å². The fraction of sp³-hybridized carbons (Fsp3) is 0.400. The molecule has 0 aliphatic heterocycles. The smallest absolute Gasteiger partial charge is 0.230 e. The molecule has 27 heavy (non-hydrogen) atoms. The van der Waals surface area contributed by atoms with Crippen LogP contribution in [0.25, 0.3) is 16.7 Å². The molecule has 140 valence electrons. The van der Waals surface area contributed by atoms with Crippen LogP contribution in [0.3, 0.4) is 0 Å². The van der Waals surface area contributed by atoms with Crippen molar-refractivity contribution in [2.45, 2.75) is 50.6 Å². The second kappa shape index (κ2) is 7.68. The molecule has 0 spiro atoms. The average molecular weight is 382 g/mol. The van der Waals surface area contributed by atoms with Crippen molar-refractivity contribution in [1.82, 2.24) is 25.1 Å². The number of nitrogens with zero attached hydrogens (tertiary/aromatic N) is 4. The van der Waals surface area contributed by atoms with Crippen LogP contribution in [0.2, 0.25) is 0 Å². The van der Waals surface area contributed by atoms with Crippen LogP contribution < -0.4 is 5.32 Å². The Labute approximate surface area is 162 Å². The highest BCUT2D eigenvalue weighted by Crippen LogP contribution is 2.27. The van der Waals surface area contributed by atoms with Gasteiger partial charge in [0.25, 0.3) is 0 Å². The van der Waals surface area contributed by atoms with E-state index in [2.05, 4.69) is 52.4 Å². The number of hydrogen-bond acceptors (Lipinski definition) is 5. The summed E-state index contributed by atoms with van der Waals surface area (Å²) in [6.45, 7) is 4.14. The van der Waals surface area contributed by atoms with Crippen LogP contribution in [0.15, 0.2) is 35.7 Å². The number of benzene rings is 1. The van der Waals surface area contributed by atoms with Gasteiger partial charge >= 0.3 is 0 Å². The molecule has 0 saturated heterocycles. The van der Waals surface area contributed by atoms with E-state index in [0.29, 0.717) is 11.8 Å². The Morgan fingerprint density at radius 2 is 2.07 bits per heavy atom. The third-order valence-corrected chi connectivity index (χ3v) is 5.98. The lowest BCUT2D eigenvalue weighted by Crippen LogP contribution is -2.33. The maximum Gasteiger partial charge on any atom is 0.230 e. The van der Waals surface area contributed by atoms with Gasteiger partial charge in [-0.15, -0.1) is 0 Å². The summed E-state index contributed by atoms with van der Waals surface area (Å²) in [6, 6.07) is 6.60. The normalized spacial score (nSPS) is 14.7. The summed E-state index contributed by atoms with van der Waals surface area (Å²) in [5.41, 5.74) is 4.12. The number of aromatic nitrogens is 4. The van der Waals surface area contributed by atoms with E-state index in [0.717, 1.165) is 40.2 Å². The van der Waals surface area contributed by atoms with E-state index in [1.165, 1.54) is 30.2 Å². The van der Waals surface area contributed by atoms with Gasteiger partial charge in [-0.2, -0.15) is 5.10 Å². The molecule has 0 bridgehead atoms. The number of nitrogens with one attached hydrogen (secondary N) is 1. The average Bonchev–Trinajstić information content (AvgIpc) is 3.30. The number of fused-ring (bicyclic) bond motifs is 1. The summed E-state index contributed by atoms with van der Waals surface area (Å²) >= 11 is 1.44. The molecule has 7 heteroatoms. The Morgan fingerprint density at radius 1 is 1.26 bits per heavy atom. The van der Waals surface area contributed by atoms with Gasteiger partial charge in [0.2, 0.25) is 5.91 Å². The van der Waals surface area contributed by atoms with Crippen LogP contribution in [0.1, 0.15) is 36.8 Å². The molecule has 1 aromatic carbocycles. The zero-order valence-electron chi connectivity index (χ0n) is 15.6. The molecule has 2 aromatic heterocycles. The van der Waals surface area contributed by atoms with E-state index in [1.54, 1.807) is 12.5 Å². The van der Waals surface area contributed by atoms with Crippen LogP contribution in [0.5, 0.6) is 0 Å². The summed E-state index contributed by atoms with van der Waals surface area (Å²) in [7, 11) is 0. The highest BCUT2D eigenvalue weighted by molar-refractivity contribution is 8.00. The van der Waals surface area contributed by atoms with Gasteiger partial charge in [-0.1, -0.05) is 42.3 Å². The maximum atomic E-state index is 12.2. The Kier molecular flexibility index (Phi) is 5.11. The van der Waals surface area contributed by atoms with Gasteiger partial charge in [0.1, 0.15) is 11.4 Å². The fourth-order valence-electron chi connectivity index (χ4n) is 3.63. The Hall–Kier alpha value is -2.41. The van der Waals surface area contributed by atoms with Crippen molar-refractivity contribution in [3.8, 4) is 5.69 Å². The van der Waals surface area contributed by atoms with Crippen molar-refractivity contribution >= 4 is 28.7 Å². The molecule has 3 aromatic rings. The topological polar surface area (TPSA) is 72.7 Å².